The van der Waals surface area contributed by atoms with Gasteiger partial charge in [-0.05, 0) is 30.3 Å². The van der Waals surface area contributed by atoms with E-state index in [1.807, 2.05) is 12.1 Å². The van der Waals surface area contributed by atoms with Crippen LogP contribution in [0.1, 0.15) is 15.9 Å². The van der Waals surface area contributed by atoms with Crippen molar-refractivity contribution in [3.05, 3.63) is 59.7 Å². The molecule has 100 valence electrons. The second-order valence-corrected chi connectivity index (χ2v) is 4.17. The maximum Gasteiger partial charge on any atom is 0.185 e. The Balaban J connectivity index is 2.07. The number of carbonyl (C=O) groups excluding carboxylic acids is 1. The van der Waals surface area contributed by atoms with Crippen LogP contribution >= 0.6 is 0 Å². The SMILES string of the molecule is COc1ccccc1C(=O)CNc1cccc(C#N)c1. The number of carbonyl (C=O) groups is 1. The van der Waals surface area contributed by atoms with Gasteiger partial charge in [0.15, 0.2) is 5.78 Å². The number of nitriles is 1. The number of anilines is 1. The van der Waals surface area contributed by atoms with Crippen LogP contribution in [0, 0.1) is 11.3 Å². The minimum Gasteiger partial charge on any atom is -0.496 e. The van der Waals surface area contributed by atoms with Gasteiger partial charge >= 0.3 is 0 Å². The summed E-state index contributed by atoms with van der Waals surface area (Å²) in [5.74, 6) is 0.495. The summed E-state index contributed by atoms with van der Waals surface area (Å²) in [4.78, 5) is 12.1. The van der Waals surface area contributed by atoms with Crippen molar-refractivity contribution in [2.24, 2.45) is 0 Å². The molecule has 0 saturated carbocycles. The molecule has 0 spiro atoms. The third kappa shape index (κ3) is 3.15. The third-order valence-corrected chi connectivity index (χ3v) is 2.85. The smallest absolute Gasteiger partial charge is 0.185 e. The molecular weight excluding hydrogens is 252 g/mol. The number of benzene rings is 2. The minimum absolute atomic E-state index is 0.0650. The van der Waals surface area contributed by atoms with Crippen molar-refractivity contribution in [3.8, 4) is 11.8 Å². The zero-order valence-corrected chi connectivity index (χ0v) is 11.1. The van der Waals surface area contributed by atoms with Crippen LogP contribution in [0.3, 0.4) is 0 Å². The monoisotopic (exact) mass is 266 g/mol. The van der Waals surface area contributed by atoms with Crippen LogP contribution in [0.5, 0.6) is 5.75 Å². The molecule has 4 heteroatoms. The van der Waals surface area contributed by atoms with Crippen molar-refractivity contribution in [2.45, 2.75) is 0 Å². The number of hydrogen-bond acceptors (Lipinski definition) is 4. The topological polar surface area (TPSA) is 62.1 Å². The fraction of sp³-hybridized carbons (Fsp3) is 0.125. The van der Waals surface area contributed by atoms with Crippen LogP contribution in [-0.4, -0.2) is 19.4 Å². The Hall–Kier alpha value is -2.80. The van der Waals surface area contributed by atoms with Crippen molar-refractivity contribution < 1.29 is 9.53 Å². The van der Waals surface area contributed by atoms with Gasteiger partial charge in [0.2, 0.25) is 0 Å². The number of Topliss-reactive ketones (excluding diaryl/α,β-unsaturated/α-hetero) is 1. The molecule has 0 aromatic heterocycles. The highest BCUT2D eigenvalue weighted by molar-refractivity contribution is 6.01. The van der Waals surface area contributed by atoms with E-state index >= 15 is 0 Å². The number of methoxy groups -OCH3 is 1. The molecular formula is C16H14N2O2. The first-order chi connectivity index (χ1) is 9.74. The van der Waals surface area contributed by atoms with Crippen LogP contribution in [-0.2, 0) is 0 Å². The molecule has 2 aromatic carbocycles. The number of hydrogen-bond donors (Lipinski definition) is 1. The fourth-order valence-electron chi connectivity index (χ4n) is 1.85. The Labute approximate surface area is 117 Å². The zero-order chi connectivity index (χ0) is 14.4. The van der Waals surface area contributed by atoms with Crippen molar-refractivity contribution >= 4 is 11.5 Å². The molecule has 0 saturated heterocycles. The van der Waals surface area contributed by atoms with Gasteiger partial charge in [0.1, 0.15) is 5.75 Å². The largest absolute Gasteiger partial charge is 0.496 e. The first kappa shape index (κ1) is 13.6. The lowest BCUT2D eigenvalue weighted by atomic mass is 10.1. The quantitative estimate of drug-likeness (QED) is 0.845. The minimum atomic E-state index is -0.0650. The zero-order valence-electron chi connectivity index (χ0n) is 11.1. The molecule has 0 aliphatic carbocycles. The van der Waals surface area contributed by atoms with E-state index < -0.39 is 0 Å². The summed E-state index contributed by atoms with van der Waals surface area (Å²) in [6.07, 6.45) is 0. The molecule has 20 heavy (non-hydrogen) atoms. The number of nitrogens with zero attached hydrogens (tertiary/aromatic N) is 1. The molecule has 1 N–H and O–H groups in total. The summed E-state index contributed by atoms with van der Waals surface area (Å²) >= 11 is 0. The van der Waals surface area contributed by atoms with Crippen molar-refractivity contribution in [2.75, 3.05) is 19.0 Å². The summed E-state index contributed by atoms with van der Waals surface area (Å²) in [6.45, 7) is 0.148. The van der Waals surface area contributed by atoms with E-state index in [0.29, 0.717) is 16.9 Å². The van der Waals surface area contributed by atoms with Gasteiger partial charge in [-0.2, -0.15) is 5.26 Å². The molecule has 2 aromatic rings. The van der Waals surface area contributed by atoms with Crippen LogP contribution in [0.2, 0.25) is 0 Å². The molecule has 2 rings (SSSR count). The molecule has 0 fully saturated rings. The van der Waals surface area contributed by atoms with Gasteiger partial charge in [-0.3, -0.25) is 4.79 Å². The second kappa shape index (κ2) is 6.39. The highest BCUT2D eigenvalue weighted by Gasteiger charge is 2.11. The molecule has 0 heterocycles. The van der Waals surface area contributed by atoms with Crippen LogP contribution in [0.25, 0.3) is 0 Å². The number of nitrogens with one attached hydrogen (secondary N) is 1. The van der Waals surface area contributed by atoms with Gasteiger partial charge in [0.05, 0.1) is 30.9 Å². The summed E-state index contributed by atoms with van der Waals surface area (Å²) in [7, 11) is 1.54. The maximum atomic E-state index is 12.1. The molecule has 0 atom stereocenters. The number of para-hydroxylation sites is 1. The van der Waals surface area contributed by atoms with E-state index in [1.54, 1.807) is 36.4 Å². The van der Waals surface area contributed by atoms with Gasteiger partial charge in [0, 0.05) is 5.69 Å². The summed E-state index contributed by atoms with van der Waals surface area (Å²) in [5.41, 5.74) is 1.84. The normalized spacial score (nSPS) is 9.60. The lowest BCUT2D eigenvalue weighted by Gasteiger charge is -2.09. The molecule has 0 unspecified atom stereocenters. The molecule has 0 radical (unpaired) electrons. The third-order valence-electron chi connectivity index (χ3n) is 2.85. The summed E-state index contributed by atoms with van der Waals surface area (Å²) in [6, 6.07) is 16.2. The molecule has 0 aliphatic heterocycles. The van der Waals surface area contributed by atoms with E-state index in [1.165, 1.54) is 7.11 Å². The molecule has 0 amide bonds. The van der Waals surface area contributed by atoms with Gasteiger partial charge in [-0.1, -0.05) is 18.2 Å². The Morgan fingerprint density at radius 3 is 2.80 bits per heavy atom. The number of ether oxygens (including phenoxy) is 1. The van der Waals surface area contributed by atoms with Crippen molar-refractivity contribution in [1.82, 2.24) is 0 Å². The average Bonchev–Trinajstić information content (AvgIpc) is 2.52. The summed E-state index contributed by atoms with van der Waals surface area (Å²) < 4.78 is 5.16. The van der Waals surface area contributed by atoms with Gasteiger partial charge in [0.25, 0.3) is 0 Å². The summed E-state index contributed by atoms with van der Waals surface area (Å²) in [5, 5.41) is 11.8. The highest BCUT2D eigenvalue weighted by atomic mass is 16.5. The molecule has 0 bridgehead atoms. The molecule has 4 nitrogen and oxygen atoms in total. The van der Waals surface area contributed by atoms with Crippen LogP contribution < -0.4 is 10.1 Å². The van der Waals surface area contributed by atoms with Crippen LogP contribution in [0.15, 0.2) is 48.5 Å². The van der Waals surface area contributed by atoms with Gasteiger partial charge < -0.3 is 10.1 Å². The average molecular weight is 266 g/mol. The van der Waals surface area contributed by atoms with Crippen LogP contribution in [0.4, 0.5) is 5.69 Å². The fourth-order valence-corrected chi connectivity index (χ4v) is 1.85. The van der Waals surface area contributed by atoms with Gasteiger partial charge in [-0.15, -0.1) is 0 Å². The second-order valence-electron chi connectivity index (χ2n) is 4.17. The Bertz CT molecular complexity index is 660. The van der Waals surface area contributed by atoms with Gasteiger partial charge in [-0.25, -0.2) is 0 Å². The van der Waals surface area contributed by atoms with E-state index in [4.69, 9.17) is 10.00 Å². The predicted octanol–water partition coefficient (Wildman–Crippen LogP) is 2.86. The van der Waals surface area contributed by atoms with E-state index in [0.717, 1.165) is 5.69 Å². The Morgan fingerprint density at radius 1 is 1.25 bits per heavy atom. The lowest BCUT2D eigenvalue weighted by molar-refractivity contribution is 0.100. The van der Waals surface area contributed by atoms with E-state index in [2.05, 4.69) is 11.4 Å². The Kier molecular flexibility index (Phi) is 4.35. The van der Waals surface area contributed by atoms with Crippen molar-refractivity contribution in [1.29, 1.82) is 5.26 Å². The van der Waals surface area contributed by atoms with E-state index in [9.17, 15) is 4.79 Å². The number of ketones is 1. The van der Waals surface area contributed by atoms with Crippen molar-refractivity contribution in [3.63, 3.8) is 0 Å². The lowest BCUT2D eigenvalue weighted by Crippen LogP contribution is -2.14. The predicted molar refractivity (Wildman–Crippen MR) is 77.0 cm³/mol. The highest BCUT2D eigenvalue weighted by Crippen LogP contribution is 2.18. The number of rotatable bonds is 5. The first-order valence-corrected chi connectivity index (χ1v) is 6.15. The molecule has 0 aliphatic rings. The maximum absolute atomic E-state index is 12.1. The standard InChI is InChI=1S/C16H14N2O2/c1-20-16-8-3-2-7-14(16)15(19)11-18-13-6-4-5-12(9-13)10-17/h2-9,18H,11H2,1H3. The Morgan fingerprint density at radius 2 is 2.05 bits per heavy atom. The van der Waals surface area contributed by atoms with E-state index in [-0.39, 0.29) is 12.3 Å². The first-order valence-electron chi connectivity index (χ1n) is 6.15.